The van der Waals surface area contributed by atoms with Crippen molar-refractivity contribution in [1.82, 2.24) is 0 Å². The van der Waals surface area contributed by atoms with Gasteiger partial charge in [-0.3, -0.25) is 9.59 Å². The Kier molecular flexibility index (Phi) is 48.2. The van der Waals surface area contributed by atoms with Gasteiger partial charge in [0.05, 0.1) is 12.5 Å². The molecule has 0 aromatic heterocycles. The lowest BCUT2D eigenvalue weighted by atomic mass is 9.86. The van der Waals surface area contributed by atoms with Crippen molar-refractivity contribution in [3.63, 3.8) is 0 Å². The first-order valence-electron chi connectivity index (χ1n) is 25.1. The predicted molar refractivity (Wildman–Crippen MR) is 248 cm³/mol. The summed E-state index contributed by atoms with van der Waals surface area (Å²) in [4.78, 5) is 23.4. The number of hydrogen-bond acceptors (Lipinski definition) is 3. The molecule has 3 atom stereocenters. The van der Waals surface area contributed by atoms with Gasteiger partial charge in [0, 0.05) is 6.42 Å². The molecule has 1 N–H and O–H groups in total. The highest BCUT2D eigenvalue weighted by Gasteiger charge is 2.21. The SMILES string of the molecule is CCCCCCCC/C=C\CCCCCCC(CC(CC)CCCC)C(=O)O.CCCCCCCC/C=C\CCCCCCCC(=O)OCC(CC)CCCC. The maximum absolute atomic E-state index is 11.8. The third kappa shape index (κ3) is 43.5. The number of carboxylic acid groups (broad SMARTS) is 1. The molecule has 3 unspecified atom stereocenters. The molecule has 0 aromatic rings. The van der Waals surface area contributed by atoms with Crippen molar-refractivity contribution in [1.29, 1.82) is 0 Å². The molecule has 0 amide bonds. The fourth-order valence-corrected chi connectivity index (χ4v) is 7.53. The van der Waals surface area contributed by atoms with Crippen LogP contribution in [0.4, 0.5) is 0 Å². The summed E-state index contributed by atoms with van der Waals surface area (Å²) in [5, 5.41) is 9.54. The molecule has 0 aliphatic heterocycles. The molecule has 4 nitrogen and oxygen atoms in total. The van der Waals surface area contributed by atoms with Crippen LogP contribution in [0.5, 0.6) is 0 Å². The number of rotatable bonds is 42. The van der Waals surface area contributed by atoms with Crippen LogP contribution in [0.15, 0.2) is 24.3 Å². The molecule has 0 aromatic carbocycles. The van der Waals surface area contributed by atoms with E-state index in [9.17, 15) is 14.7 Å². The first-order valence-corrected chi connectivity index (χ1v) is 25.1. The zero-order chi connectivity index (χ0) is 41.6. The van der Waals surface area contributed by atoms with Gasteiger partial charge in [0.1, 0.15) is 0 Å². The van der Waals surface area contributed by atoms with Gasteiger partial charge in [0.15, 0.2) is 0 Å². The molecule has 0 fully saturated rings. The molecule has 0 heterocycles. The van der Waals surface area contributed by atoms with E-state index in [-0.39, 0.29) is 11.9 Å². The molecule has 0 aliphatic rings. The minimum atomic E-state index is -0.576. The highest BCUT2D eigenvalue weighted by molar-refractivity contribution is 5.70. The van der Waals surface area contributed by atoms with E-state index >= 15 is 0 Å². The minimum Gasteiger partial charge on any atom is -0.481 e. The van der Waals surface area contributed by atoms with Gasteiger partial charge in [-0.15, -0.1) is 0 Å². The van der Waals surface area contributed by atoms with E-state index in [4.69, 9.17) is 4.74 Å². The zero-order valence-electron chi connectivity index (χ0n) is 38.9. The molecule has 0 radical (unpaired) electrons. The molecule has 0 bridgehead atoms. The first-order chi connectivity index (χ1) is 27.4. The second-order valence-electron chi connectivity index (χ2n) is 17.1. The molecule has 332 valence electrons. The van der Waals surface area contributed by atoms with Gasteiger partial charge in [0.25, 0.3) is 0 Å². The lowest BCUT2D eigenvalue weighted by Gasteiger charge is -2.19. The first kappa shape index (κ1) is 56.5. The Morgan fingerprint density at radius 1 is 0.446 bits per heavy atom. The summed E-state index contributed by atoms with van der Waals surface area (Å²) in [6.07, 6.45) is 53.5. The smallest absolute Gasteiger partial charge is 0.306 e. The van der Waals surface area contributed by atoms with E-state index in [2.05, 4.69) is 65.8 Å². The largest absolute Gasteiger partial charge is 0.481 e. The minimum absolute atomic E-state index is 0.00701. The number of aliphatic carboxylic acids is 1. The van der Waals surface area contributed by atoms with Gasteiger partial charge in [-0.2, -0.15) is 0 Å². The second kappa shape index (κ2) is 47.8. The van der Waals surface area contributed by atoms with E-state index < -0.39 is 5.97 Å². The molecule has 0 rings (SSSR count). The number of ether oxygens (including phenoxy) is 1. The van der Waals surface area contributed by atoms with Crippen LogP contribution in [0, 0.1) is 17.8 Å². The standard InChI is InChI=1S/2C26H50O2/c1-4-7-9-10-11-12-13-14-15-16-17-18-19-20-21-23-26(27)28-24-25(6-3)22-8-5-2;1-4-7-9-10-11-12-13-14-15-16-17-18-19-20-22-25(26(27)28)23-24(6-3)21-8-5-2/h14-15,25H,4-13,16-24H2,1-3H3;14-15,24-25H,4-13,16-23H2,1-3H3,(H,27,28)/b2*15-14-. The molecule has 0 saturated carbocycles. The van der Waals surface area contributed by atoms with Crippen LogP contribution >= 0.6 is 0 Å². The maximum atomic E-state index is 11.8. The van der Waals surface area contributed by atoms with Crippen molar-refractivity contribution in [3.8, 4) is 0 Å². The molecule has 56 heavy (non-hydrogen) atoms. The molecular formula is C52H100O4. The summed E-state index contributed by atoms with van der Waals surface area (Å²) in [6, 6.07) is 0. The molecule has 0 spiro atoms. The number of carbonyl (C=O) groups excluding carboxylic acids is 1. The summed E-state index contributed by atoms with van der Waals surface area (Å²) in [6.45, 7) is 14.0. The van der Waals surface area contributed by atoms with Crippen molar-refractivity contribution < 1.29 is 19.4 Å². The average molecular weight is 789 g/mol. The number of hydrogen-bond donors (Lipinski definition) is 1. The lowest BCUT2D eigenvalue weighted by Crippen LogP contribution is -2.18. The van der Waals surface area contributed by atoms with Crippen LogP contribution in [0.3, 0.4) is 0 Å². The van der Waals surface area contributed by atoms with Gasteiger partial charge < -0.3 is 9.84 Å². The molecule has 4 heteroatoms. The lowest BCUT2D eigenvalue weighted by molar-refractivity contribution is -0.145. The zero-order valence-corrected chi connectivity index (χ0v) is 38.9. The van der Waals surface area contributed by atoms with E-state index in [0.29, 0.717) is 24.9 Å². The van der Waals surface area contributed by atoms with Crippen LogP contribution in [-0.4, -0.2) is 23.7 Å². The quantitative estimate of drug-likeness (QED) is 0.0380. The summed E-state index contributed by atoms with van der Waals surface area (Å²) >= 11 is 0. The molecule has 0 aliphatic carbocycles. The highest BCUT2D eigenvalue weighted by Crippen LogP contribution is 2.26. The van der Waals surface area contributed by atoms with E-state index in [1.54, 1.807) is 0 Å². The Hall–Kier alpha value is -1.58. The number of esters is 1. The van der Waals surface area contributed by atoms with Gasteiger partial charge in [-0.05, 0) is 88.9 Å². The van der Waals surface area contributed by atoms with Gasteiger partial charge >= 0.3 is 11.9 Å². The van der Waals surface area contributed by atoms with Crippen LogP contribution in [0.2, 0.25) is 0 Å². The molecule has 0 saturated heterocycles. The monoisotopic (exact) mass is 789 g/mol. The Morgan fingerprint density at radius 2 is 0.821 bits per heavy atom. The third-order valence-electron chi connectivity index (χ3n) is 11.7. The number of allylic oxidation sites excluding steroid dienone is 4. The normalized spacial score (nSPS) is 13.2. The van der Waals surface area contributed by atoms with Gasteiger partial charge in [0.2, 0.25) is 0 Å². The van der Waals surface area contributed by atoms with Crippen molar-refractivity contribution in [2.45, 2.75) is 273 Å². The number of carbonyl (C=O) groups is 2. The average Bonchev–Trinajstić information content (AvgIpc) is 3.20. The van der Waals surface area contributed by atoms with Crippen LogP contribution < -0.4 is 0 Å². The Balaban J connectivity index is 0. The van der Waals surface area contributed by atoms with Crippen molar-refractivity contribution in [2.24, 2.45) is 17.8 Å². The van der Waals surface area contributed by atoms with Crippen molar-refractivity contribution in [2.75, 3.05) is 6.61 Å². The van der Waals surface area contributed by atoms with Crippen molar-refractivity contribution in [3.05, 3.63) is 24.3 Å². The van der Waals surface area contributed by atoms with E-state index in [0.717, 1.165) is 44.9 Å². The fraction of sp³-hybridized carbons (Fsp3) is 0.885. The summed E-state index contributed by atoms with van der Waals surface area (Å²) in [5.41, 5.74) is 0. The van der Waals surface area contributed by atoms with Crippen LogP contribution in [-0.2, 0) is 14.3 Å². The van der Waals surface area contributed by atoms with Crippen LogP contribution in [0.1, 0.15) is 273 Å². The Labute approximate surface area is 351 Å². The fourth-order valence-electron chi connectivity index (χ4n) is 7.53. The predicted octanol–water partition coefficient (Wildman–Crippen LogP) is 17.7. The Bertz CT molecular complexity index is 846. The third-order valence-corrected chi connectivity index (χ3v) is 11.7. The second-order valence-corrected chi connectivity index (χ2v) is 17.1. The highest BCUT2D eigenvalue weighted by atomic mass is 16.5. The summed E-state index contributed by atoms with van der Waals surface area (Å²) in [5.74, 6) is 0.454. The van der Waals surface area contributed by atoms with Crippen molar-refractivity contribution >= 4 is 11.9 Å². The van der Waals surface area contributed by atoms with Gasteiger partial charge in [-0.25, -0.2) is 0 Å². The topological polar surface area (TPSA) is 63.6 Å². The van der Waals surface area contributed by atoms with Gasteiger partial charge in [-0.1, -0.05) is 214 Å². The molecular weight excluding hydrogens is 689 g/mol. The summed E-state index contributed by atoms with van der Waals surface area (Å²) < 4.78 is 5.46. The van der Waals surface area contributed by atoms with E-state index in [1.807, 2.05) is 0 Å². The van der Waals surface area contributed by atoms with E-state index in [1.165, 1.54) is 180 Å². The Morgan fingerprint density at radius 3 is 1.23 bits per heavy atom. The number of unbranched alkanes of at least 4 members (excludes halogenated alkanes) is 23. The summed E-state index contributed by atoms with van der Waals surface area (Å²) in [7, 11) is 0. The van der Waals surface area contributed by atoms with Crippen LogP contribution in [0.25, 0.3) is 0 Å². The maximum Gasteiger partial charge on any atom is 0.306 e. The number of carboxylic acids is 1.